The van der Waals surface area contributed by atoms with Gasteiger partial charge in [0.1, 0.15) is 0 Å². The fourth-order valence-corrected chi connectivity index (χ4v) is 3.66. The van der Waals surface area contributed by atoms with Crippen molar-refractivity contribution in [2.75, 3.05) is 0 Å². The van der Waals surface area contributed by atoms with E-state index < -0.39 is 0 Å². The molecule has 0 radical (unpaired) electrons. The molecule has 0 atom stereocenters. The van der Waals surface area contributed by atoms with E-state index in [1.54, 1.807) is 23.5 Å². The fourth-order valence-electron chi connectivity index (χ4n) is 2.06. The highest BCUT2D eigenvalue weighted by Gasteiger charge is 2.00. The number of allylic oxidation sites excluding steroid dienone is 4. The van der Waals surface area contributed by atoms with Crippen LogP contribution in [-0.4, -0.2) is 0 Å². The summed E-state index contributed by atoms with van der Waals surface area (Å²) >= 11 is 3.60. The van der Waals surface area contributed by atoms with E-state index in [1.807, 2.05) is 0 Å². The van der Waals surface area contributed by atoms with Gasteiger partial charge in [0.15, 0.2) is 0 Å². The van der Waals surface area contributed by atoms with E-state index in [-0.39, 0.29) is 0 Å². The molecule has 0 amide bonds. The van der Waals surface area contributed by atoms with E-state index in [9.17, 15) is 0 Å². The van der Waals surface area contributed by atoms with Gasteiger partial charge in [-0.1, -0.05) is 60.7 Å². The lowest BCUT2D eigenvalue weighted by Gasteiger charge is -2.06. The van der Waals surface area contributed by atoms with Gasteiger partial charge in [-0.25, -0.2) is 0 Å². The maximum Gasteiger partial charge on any atom is -0.00438 e. The molecule has 0 aliphatic heterocycles. The third-order valence-electron chi connectivity index (χ3n) is 3.78. The van der Waals surface area contributed by atoms with Crippen molar-refractivity contribution in [1.82, 2.24) is 0 Å². The zero-order chi connectivity index (χ0) is 17.4. The first-order valence-electron chi connectivity index (χ1n) is 8.03. The van der Waals surface area contributed by atoms with Gasteiger partial charge in [0.05, 0.1) is 0 Å². The minimum Gasteiger partial charge on any atom is -0.102 e. The molecular weight excluding hydrogens is 328 g/mol. The van der Waals surface area contributed by atoms with Crippen molar-refractivity contribution in [2.24, 2.45) is 0 Å². The summed E-state index contributed by atoms with van der Waals surface area (Å²) in [6, 6.07) is 21.0. The number of hydrogen-bond donors (Lipinski definition) is 0. The van der Waals surface area contributed by atoms with Crippen molar-refractivity contribution in [3.63, 3.8) is 0 Å². The molecule has 0 saturated heterocycles. The Labute approximate surface area is 154 Å². The Balaban J connectivity index is 2.00. The van der Waals surface area contributed by atoms with Crippen LogP contribution in [-0.2, 0) is 0 Å². The molecule has 0 aliphatic carbocycles. The lowest BCUT2D eigenvalue weighted by Crippen LogP contribution is -1.78. The summed E-state index contributed by atoms with van der Waals surface area (Å²) in [5.41, 5.74) is 5.16. The van der Waals surface area contributed by atoms with Crippen LogP contribution in [0.1, 0.15) is 38.8 Å². The largest absolute Gasteiger partial charge is 0.102 e. The van der Waals surface area contributed by atoms with E-state index in [2.05, 4.69) is 99.2 Å². The van der Waals surface area contributed by atoms with Crippen molar-refractivity contribution in [1.29, 1.82) is 0 Å². The van der Waals surface area contributed by atoms with Crippen LogP contribution in [0.15, 0.2) is 81.3 Å². The highest BCUT2D eigenvalue weighted by molar-refractivity contribution is 8.09. The van der Waals surface area contributed by atoms with Crippen LogP contribution in [0.2, 0.25) is 0 Å². The first-order valence-corrected chi connectivity index (χ1v) is 9.79. The van der Waals surface area contributed by atoms with Gasteiger partial charge in [0.2, 0.25) is 0 Å². The summed E-state index contributed by atoms with van der Waals surface area (Å²) in [5, 5.41) is 4.48. The second-order valence-electron chi connectivity index (χ2n) is 5.68. The average Bonchev–Trinajstić information content (AvgIpc) is 2.64. The SMILES string of the molecule is C/C(S/C=C(\C)c1ccccc1)=C(\C)S/C=C(\C)c1ccccc1. The van der Waals surface area contributed by atoms with Gasteiger partial charge in [-0.05, 0) is 70.6 Å². The Morgan fingerprint density at radius 3 is 1.25 bits per heavy atom. The number of benzene rings is 2. The predicted octanol–water partition coefficient (Wildman–Crippen LogP) is 7.83. The number of hydrogen-bond acceptors (Lipinski definition) is 2. The monoisotopic (exact) mass is 352 g/mol. The number of rotatable bonds is 6. The quantitative estimate of drug-likeness (QED) is 0.519. The molecule has 0 aromatic heterocycles. The molecule has 2 heteroatoms. The Hall–Kier alpha value is -1.64. The maximum absolute atomic E-state index is 2.24. The lowest BCUT2D eigenvalue weighted by atomic mass is 10.1. The highest BCUT2D eigenvalue weighted by Crippen LogP contribution is 2.32. The molecule has 0 heterocycles. The zero-order valence-electron chi connectivity index (χ0n) is 14.7. The Bertz CT molecular complexity index is 673. The van der Waals surface area contributed by atoms with E-state index in [1.165, 1.54) is 32.1 Å². The van der Waals surface area contributed by atoms with Crippen LogP contribution in [0.25, 0.3) is 11.1 Å². The summed E-state index contributed by atoms with van der Waals surface area (Å²) in [6.45, 7) is 8.70. The molecule has 24 heavy (non-hydrogen) atoms. The van der Waals surface area contributed by atoms with Crippen LogP contribution in [0.5, 0.6) is 0 Å². The molecule has 0 aliphatic rings. The topological polar surface area (TPSA) is 0 Å². The first kappa shape index (κ1) is 18.7. The molecule has 2 aromatic rings. The van der Waals surface area contributed by atoms with Crippen molar-refractivity contribution >= 4 is 34.7 Å². The first-order chi connectivity index (χ1) is 11.6. The fraction of sp³-hybridized carbons (Fsp3) is 0.182. The Morgan fingerprint density at radius 1 is 0.583 bits per heavy atom. The second-order valence-corrected chi connectivity index (χ2v) is 7.85. The van der Waals surface area contributed by atoms with Crippen LogP contribution < -0.4 is 0 Å². The van der Waals surface area contributed by atoms with Gasteiger partial charge in [-0.2, -0.15) is 0 Å². The van der Waals surface area contributed by atoms with Gasteiger partial charge < -0.3 is 0 Å². The predicted molar refractivity (Wildman–Crippen MR) is 114 cm³/mol. The Kier molecular flexibility index (Phi) is 7.48. The summed E-state index contributed by atoms with van der Waals surface area (Å²) in [4.78, 5) is 2.68. The molecule has 2 aromatic carbocycles. The molecule has 0 N–H and O–H groups in total. The maximum atomic E-state index is 2.24. The average molecular weight is 353 g/mol. The Morgan fingerprint density at radius 2 is 0.917 bits per heavy atom. The van der Waals surface area contributed by atoms with Crippen LogP contribution in [0.4, 0.5) is 0 Å². The molecule has 0 unspecified atom stereocenters. The van der Waals surface area contributed by atoms with Crippen LogP contribution in [0.3, 0.4) is 0 Å². The molecule has 124 valence electrons. The smallest absolute Gasteiger partial charge is 0.00438 e. The summed E-state index contributed by atoms with van der Waals surface area (Å²) in [5.74, 6) is 0. The van der Waals surface area contributed by atoms with Gasteiger partial charge in [-0.3, -0.25) is 0 Å². The highest BCUT2D eigenvalue weighted by atomic mass is 32.2. The van der Waals surface area contributed by atoms with Crippen molar-refractivity contribution in [3.05, 3.63) is 92.4 Å². The second kappa shape index (κ2) is 9.61. The third-order valence-corrected chi connectivity index (χ3v) is 6.17. The van der Waals surface area contributed by atoms with Crippen molar-refractivity contribution in [2.45, 2.75) is 27.7 Å². The van der Waals surface area contributed by atoms with Gasteiger partial charge >= 0.3 is 0 Å². The van der Waals surface area contributed by atoms with Gasteiger partial charge in [0.25, 0.3) is 0 Å². The minimum absolute atomic E-state index is 1.28. The summed E-state index contributed by atoms with van der Waals surface area (Å²) in [7, 11) is 0. The van der Waals surface area contributed by atoms with Crippen molar-refractivity contribution in [3.8, 4) is 0 Å². The molecule has 0 spiro atoms. The third kappa shape index (κ3) is 5.77. The van der Waals surface area contributed by atoms with Crippen LogP contribution in [0, 0.1) is 0 Å². The van der Waals surface area contributed by atoms with E-state index in [0.717, 1.165) is 0 Å². The van der Waals surface area contributed by atoms with Crippen molar-refractivity contribution < 1.29 is 0 Å². The van der Waals surface area contributed by atoms with Gasteiger partial charge in [-0.15, -0.1) is 23.5 Å². The number of thioether (sulfide) groups is 2. The van der Waals surface area contributed by atoms with Crippen LogP contribution >= 0.6 is 23.5 Å². The lowest BCUT2D eigenvalue weighted by molar-refractivity contribution is 1.55. The molecular formula is C22H24S2. The summed E-state index contributed by atoms with van der Waals surface area (Å²) < 4.78 is 0. The minimum atomic E-state index is 1.28. The molecule has 2 rings (SSSR count). The molecule has 0 bridgehead atoms. The van der Waals surface area contributed by atoms with E-state index >= 15 is 0 Å². The zero-order valence-corrected chi connectivity index (χ0v) is 16.4. The van der Waals surface area contributed by atoms with E-state index in [4.69, 9.17) is 0 Å². The molecule has 0 nitrogen and oxygen atoms in total. The van der Waals surface area contributed by atoms with E-state index in [0.29, 0.717) is 0 Å². The van der Waals surface area contributed by atoms with Gasteiger partial charge in [0, 0.05) is 0 Å². The molecule has 0 fully saturated rings. The molecule has 0 saturated carbocycles. The summed E-state index contributed by atoms with van der Waals surface area (Å²) in [6.07, 6.45) is 0. The normalized spacial score (nSPS) is 13.7. The standard InChI is InChI=1S/C22H24S2/c1-17(21-11-7-5-8-12-21)15-23-19(3)20(4)24-16-18(2)22-13-9-6-10-14-22/h5-16H,1-4H3/b17-15+,18-16+,20-19-.